The Balaban J connectivity index is 2.17. The zero-order valence-corrected chi connectivity index (χ0v) is 8.57. The highest BCUT2D eigenvalue weighted by molar-refractivity contribution is 5.84. The second-order valence-corrected chi connectivity index (χ2v) is 4.40. The molecule has 1 aromatic heterocycles. The number of carbonyl (C=O) groups is 1. The van der Waals surface area contributed by atoms with E-state index in [1.807, 2.05) is 0 Å². The van der Waals surface area contributed by atoms with Gasteiger partial charge in [0, 0.05) is 17.8 Å². The number of carbonyl (C=O) groups excluding carboxylic acids is 1. The van der Waals surface area contributed by atoms with E-state index in [4.69, 9.17) is 0 Å². The number of nitrogens with zero attached hydrogens (tertiary/aromatic N) is 2. The van der Waals surface area contributed by atoms with Gasteiger partial charge in [-0.2, -0.15) is 0 Å². The van der Waals surface area contributed by atoms with Crippen molar-refractivity contribution in [1.29, 1.82) is 0 Å². The third kappa shape index (κ3) is 1.59. The molecule has 3 heteroatoms. The minimum Gasteiger partial charge on any atom is -0.276 e. The lowest BCUT2D eigenvalue weighted by atomic mass is 9.75. The van der Waals surface area contributed by atoms with E-state index in [2.05, 4.69) is 11.9 Å². The van der Waals surface area contributed by atoms with Crippen molar-refractivity contribution in [2.75, 3.05) is 0 Å². The summed E-state index contributed by atoms with van der Waals surface area (Å²) in [5.74, 6) is 0.203. The molecule has 0 N–H and O–H groups in total. The highest BCUT2D eigenvalue weighted by Gasteiger charge is 2.35. The smallest absolute Gasteiger partial charge is 0.237 e. The molecule has 0 amide bonds. The predicted octanol–water partition coefficient (Wildman–Crippen LogP) is 2.49. The minimum absolute atomic E-state index is 0.154. The van der Waals surface area contributed by atoms with Crippen molar-refractivity contribution in [2.45, 2.75) is 39.0 Å². The van der Waals surface area contributed by atoms with Crippen LogP contribution >= 0.6 is 0 Å². The lowest BCUT2D eigenvalue weighted by Gasteiger charge is -2.31. The van der Waals surface area contributed by atoms with Crippen molar-refractivity contribution in [1.82, 2.24) is 9.55 Å². The van der Waals surface area contributed by atoms with E-state index in [9.17, 15) is 4.79 Å². The van der Waals surface area contributed by atoms with Gasteiger partial charge in [-0.05, 0) is 12.8 Å². The summed E-state index contributed by atoms with van der Waals surface area (Å²) < 4.78 is 1.62. The van der Waals surface area contributed by atoms with Crippen LogP contribution in [0.2, 0.25) is 0 Å². The van der Waals surface area contributed by atoms with E-state index in [1.165, 1.54) is 19.3 Å². The first-order valence-corrected chi connectivity index (χ1v) is 5.25. The standard InChI is InChI=1S/C11H16N2O/c1-11(5-3-2-4-6-11)10(14)13-8-7-12-9-13/h7-9H,2-6H2,1H3. The monoisotopic (exact) mass is 192 g/mol. The quantitative estimate of drug-likeness (QED) is 0.685. The molecule has 3 nitrogen and oxygen atoms in total. The zero-order valence-electron chi connectivity index (χ0n) is 8.57. The van der Waals surface area contributed by atoms with Gasteiger partial charge in [-0.15, -0.1) is 0 Å². The van der Waals surface area contributed by atoms with E-state index in [1.54, 1.807) is 23.3 Å². The number of aromatic nitrogens is 2. The Kier molecular flexibility index (Phi) is 2.40. The van der Waals surface area contributed by atoms with Crippen LogP contribution in [0.3, 0.4) is 0 Å². The largest absolute Gasteiger partial charge is 0.276 e. The molecule has 0 radical (unpaired) electrons. The Hall–Kier alpha value is -1.12. The van der Waals surface area contributed by atoms with Crippen molar-refractivity contribution in [3.05, 3.63) is 18.7 Å². The third-order valence-corrected chi connectivity index (χ3v) is 3.21. The lowest BCUT2D eigenvalue weighted by molar-refractivity contribution is 0.0652. The topological polar surface area (TPSA) is 34.9 Å². The number of imidazole rings is 1. The molecule has 1 heterocycles. The van der Waals surface area contributed by atoms with Crippen LogP contribution in [0.1, 0.15) is 43.8 Å². The molecule has 0 aliphatic heterocycles. The lowest BCUT2D eigenvalue weighted by Crippen LogP contribution is -2.33. The molecule has 0 unspecified atom stereocenters. The van der Waals surface area contributed by atoms with Gasteiger partial charge >= 0.3 is 0 Å². The molecular weight excluding hydrogens is 176 g/mol. The molecule has 1 fully saturated rings. The molecule has 0 bridgehead atoms. The summed E-state index contributed by atoms with van der Waals surface area (Å²) in [6.45, 7) is 2.08. The van der Waals surface area contributed by atoms with Gasteiger partial charge in [0.15, 0.2) is 0 Å². The fourth-order valence-corrected chi connectivity index (χ4v) is 2.24. The summed E-state index contributed by atoms with van der Waals surface area (Å²) in [5, 5.41) is 0. The average Bonchev–Trinajstić information content (AvgIpc) is 2.70. The molecule has 2 rings (SSSR count). The van der Waals surface area contributed by atoms with Gasteiger partial charge < -0.3 is 0 Å². The van der Waals surface area contributed by atoms with E-state index in [-0.39, 0.29) is 11.3 Å². The van der Waals surface area contributed by atoms with Crippen molar-refractivity contribution in [3.63, 3.8) is 0 Å². The summed E-state index contributed by atoms with van der Waals surface area (Å²) in [6, 6.07) is 0. The Labute approximate surface area is 84.1 Å². The molecule has 1 aliphatic carbocycles. The van der Waals surface area contributed by atoms with Crippen LogP contribution in [0.5, 0.6) is 0 Å². The fourth-order valence-electron chi connectivity index (χ4n) is 2.24. The Morgan fingerprint density at radius 2 is 2.07 bits per heavy atom. The minimum atomic E-state index is -0.154. The summed E-state index contributed by atoms with van der Waals surface area (Å²) in [7, 11) is 0. The maximum absolute atomic E-state index is 12.1. The van der Waals surface area contributed by atoms with Crippen molar-refractivity contribution < 1.29 is 4.79 Å². The molecule has 0 saturated heterocycles. The van der Waals surface area contributed by atoms with Gasteiger partial charge in [0.05, 0.1) is 0 Å². The average molecular weight is 192 g/mol. The highest BCUT2D eigenvalue weighted by Crippen LogP contribution is 2.36. The molecule has 0 aromatic carbocycles. The second kappa shape index (κ2) is 3.56. The summed E-state index contributed by atoms with van der Waals surface area (Å²) in [4.78, 5) is 16.0. The zero-order chi connectivity index (χ0) is 10.0. The SMILES string of the molecule is CC1(C(=O)n2ccnc2)CCCCC1. The van der Waals surface area contributed by atoms with Crippen LogP contribution in [0.4, 0.5) is 0 Å². The van der Waals surface area contributed by atoms with Gasteiger partial charge in [-0.3, -0.25) is 9.36 Å². The maximum Gasteiger partial charge on any atom is 0.237 e. The summed E-state index contributed by atoms with van der Waals surface area (Å²) in [5.41, 5.74) is -0.154. The third-order valence-electron chi connectivity index (χ3n) is 3.21. The van der Waals surface area contributed by atoms with E-state index in [0.717, 1.165) is 12.8 Å². The number of hydrogen-bond donors (Lipinski definition) is 0. The van der Waals surface area contributed by atoms with E-state index < -0.39 is 0 Å². The maximum atomic E-state index is 12.1. The Bertz CT molecular complexity index is 310. The van der Waals surface area contributed by atoms with Crippen LogP contribution in [0, 0.1) is 5.41 Å². The molecule has 76 valence electrons. The Morgan fingerprint density at radius 3 is 2.64 bits per heavy atom. The normalized spacial score (nSPS) is 20.6. The van der Waals surface area contributed by atoms with Crippen LogP contribution in [0.15, 0.2) is 18.7 Å². The molecule has 1 saturated carbocycles. The molecule has 0 atom stereocenters. The first-order valence-electron chi connectivity index (χ1n) is 5.25. The first-order chi connectivity index (χ1) is 6.72. The number of rotatable bonds is 1. The molecule has 14 heavy (non-hydrogen) atoms. The van der Waals surface area contributed by atoms with Crippen LogP contribution < -0.4 is 0 Å². The van der Waals surface area contributed by atoms with Crippen LogP contribution in [0.25, 0.3) is 0 Å². The molecule has 1 aromatic rings. The van der Waals surface area contributed by atoms with Gasteiger partial charge in [-0.25, -0.2) is 4.98 Å². The van der Waals surface area contributed by atoms with Gasteiger partial charge in [-0.1, -0.05) is 26.2 Å². The summed E-state index contributed by atoms with van der Waals surface area (Å²) >= 11 is 0. The van der Waals surface area contributed by atoms with Crippen molar-refractivity contribution in [2.24, 2.45) is 5.41 Å². The number of hydrogen-bond acceptors (Lipinski definition) is 2. The van der Waals surface area contributed by atoms with Crippen LogP contribution in [-0.4, -0.2) is 15.5 Å². The van der Waals surface area contributed by atoms with E-state index >= 15 is 0 Å². The Morgan fingerprint density at radius 1 is 1.36 bits per heavy atom. The summed E-state index contributed by atoms with van der Waals surface area (Å²) in [6.07, 6.45) is 10.7. The van der Waals surface area contributed by atoms with E-state index in [0.29, 0.717) is 0 Å². The van der Waals surface area contributed by atoms with Crippen LogP contribution in [-0.2, 0) is 0 Å². The highest BCUT2D eigenvalue weighted by atomic mass is 16.2. The molecule has 0 spiro atoms. The predicted molar refractivity (Wildman–Crippen MR) is 54.0 cm³/mol. The van der Waals surface area contributed by atoms with Crippen molar-refractivity contribution in [3.8, 4) is 0 Å². The van der Waals surface area contributed by atoms with Gasteiger partial charge in [0.2, 0.25) is 5.91 Å². The van der Waals surface area contributed by atoms with Crippen molar-refractivity contribution >= 4 is 5.91 Å². The van der Waals surface area contributed by atoms with Gasteiger partial charge in [0.1, 0.15) is 6.33 Å². The molecular formula is C11H16N2O. The fraction of sp³-hybridized carbons (Fsp3) is 0.636. The first kappa shape index (κ1) is 9.44. The second-order valence-electron chi connectivity index (χ2n) is 4.40. The van der Waals surface area contributed by atoms with Gasteiger partial charge in [0.25, 0.3) is 0 Å². The molecule has 1 aliphatic rings.